The summed E-state index contributed by atoms with van der Waals surface area (Å²) >= 11 is 0. The van der Waals surface area contributed by atoms with Crippen LogP contribution >= 0.6 is 24.8 Å². The second-order valence-electron chi connectivity index (χ2n) is 7.14. The van der Waals surface area contributed by atoms with Gasteiger partial charge in [0.15, 0.2) is 0 Å². The Morgan fingerprint density at radius 1 is 1.14 bits per heavy atom. The van der Waals surface area contributed by atoms with Crippen molar-refractivity contribution in [1.82, 2.24) is 15.1 Å². The van der Waals surface area contributed by atoms with Gasteiger partial charge in [-0.3, -0.25) is 4.79 Å². The third-order valence-electron chi connectivity index (χ3n) is 5.33. The van der Waals surface area contributed by atoms with Crippen LogP contribution in [-0.2, 0) is 4.79 Å². The van der Waals surface area contributed by atoms with Crippen LogP contribution in [-0.4, -0.2) is 61.0 Å². The summed E-state index contributed by atoms with van der Waals surface area (Å²) in [7, 11) is 2.20. The number of piperazine rings is 1. The number of halogens is 2. The van der Waals surface area contributed by atoms with Gasteiger partial charge in [0.05, 0.1) is 12.1 Å². The largest absolute Gasteiger partial charge is 0.333 e. The minimum absolute atomic E-state index is 0. The second-order valence-corrected chi connectivity index (χ2v) is 7.14. The summed E-state index contributed by atoms with van der Waals surface area (Å²) in [5.74, 6) is 1.18. The van der Waals surface area contributed by atoms with E-state index in [2.05, 4.69) is 22.2 Å². The van der Waals surface area contributed by atoms with Gasteiger partial charge in [0.1, 0.15) is 0 Å². The Labute approximate surface area is 147 Å². The minimum atomic E-state index is 0. The van der Waals surface area contributed by atoms with Gasteiger partial charge in [-0.05, 0) is 45.2 Å². The van der Waals surface area contributed by atoms with E-state index in [-0.39, 0.29) is 30.4 Å². The van der Waals surface area contributed by atoms with Crippen LogP contribution in [0.25, 0.3) is 0 Å². The Morgan fingerprint density at radius 3 is 2.45 bits per heavy atom. The molecule has 0 unspecified atom stereocenters. The highest BCUT2D eigenvalue weighted by atomic mass is 35.5. The zero-order valence-electron chi connectivity index (χ0n) is 13.7. The summed E-state index contributed by atoms with van der Waals surface area (Å²) in [4.78, 5) is 17.3. The molecule has 3 rings (SSSR count). The molecule has 1 spiro atoms. The van der Waals surface area contributed by atoms with Crippen LogP contribution < -0.4 is 5.32 Å². The van der Waals surface area contributed by atoms with Crippen molar-refractivity contribution in [3.05, 3.63) is 0 Å². The number of nitrogens with one attached hydrogen (secondary N) is 1. The standard InChI is InChI=1S/C16H29N3O.2ClH/c1-18-9-10-19(15(20)12-17-11-14-5-6-14)16(13-18)7-3-2-4-8-16;;/h14,17H,2-13H2,1H3;2*1H. The van der Waals surface area contributed by atoms with Crippen LogP contribution in [0, 0.1) is 5.92 Å². The van der Waals surface area contributed by atoms with Gasteiger partial charge in [-0.2, -0.15) is 0 Å². The molecule has 2 aliphatic carbocycles. The van der Waals surface area contributed by atoms with Crippen molar-refractivity contribution in [3.8, 4) is 0 Å². The van der Waals surface area contributed by atoms with Gasteiger partial charge in [0.25, 0.3) is 0 Å². The summed E-state index contributed by atoms with van der Waals surface area (Å²) in [6, 6.07) is 0. The van der Waals surface area contributed by atoms with E-state index in [1.54, 1.807) is 0 Å². The maximum Gasteiger partial charge on any atom is 0.237 e. The van der Waals surface area contributed by atoms with Crippen molar-refractivity contribution in [3.63, 3.8) is 0 Å². The van der Waals surface area contributed by atoms with Gasteiger partial charge in [-0.25, -0.2) is 0 Å². The van der Waals surface area contributed by atoms with Gasteiger partial charge in [0, 0.05) is 19.6 Å². The lowest BCUT2D eigenvalue weighted by molar-refractivity contribution is -0.143. The molecule has 0 aromatic carbocycles. The minimum Gasteiger partial charge on any atom is -0.333 e. The summed E-state index contributed by atoms with van der Waals surface area (Å²) in [5.41, 5.74) is 0.142. The number of rotatable bonds is 4. The quantitative estimate of drug-likeness (QED) is 0.843. The van der Waals surface area contributed by atoms with Gasteiger partial charge in [-0.1, -0.05) is 19.3 Å². The van der Waals surface area contributed by atoms with E-state index in [4.69, 9.17) is 0 Å². The molecular weight excluding hydrogens is 321 g/mol. The van der Waals surface area contributed by atoms with Crippen molar-refractivity contribution in [2.75, 3.05) is 39.8 Å². The van der Waals surface area contributed by atoms with Crippen LogP contribution in [0.3, 0.4) is 0 Å². The highest BCUT2D eigenvalue weighted by Crippen LogP contribution is 2.36. The zero-order valence-corrected chi connectivity index (χ0v) is 15.3. The van der Waals surface area contributed by atoms with E-state index < -0.39 is 0 Å². The number of hydrogen-bond donors (Lipinski definition) is 1. The van der Waals surface area contributed by atoms with E-state index in [1.165, 1.54) is 44.9 Å². The second kappa shape index (κ2) is 8.72. The molecular formula is C16H31Cl2N3O. The normalized spacial score (nSPS) is 24.5. The van der Waals surface area contributed by atoms with Crippen molar-refractivity contribution in [2.24, 2.45) is 5.92 Å². The lowest BCUT2D eigenvalue weighted by Gasteiger charge is -2.52. The van der Waals surface area contributed by atoms with E-state index in [9.17, 15) is 4.79 Å². The van der Waals surface area contributed by atoms with Crippen LogP contribution in [0.1, 0.15) is 44.9 Å². The van der Waals surface area contributed by atoms with Gasteiger partial charge >= 0.3 is 0 Å². The average molecular weight is 352 g/mol. The molecule has 6 heteroatoms. The Kier molecular flexibility index (Phi) is 7.93. The summed E-state index contributed by atoms with van der Waals surface area (Å²) < 4.78 is 0. The molecule has 4 nitrogen and oxygen atoms in total. The van der Waals surface area contributed by atoms with Gasteiger partial charge in [0.2, 0.25) is 5.91 Å². The van der Waals surface area contributed by atoms with Gasteiger partial charge < -0.3 is 15.1 Å². The summed E-state index contributed by atoms with van der Waals surface area (Å²) in [5, 5.41) is 3.37. The maximum atomic E-state index is 12.6. The van der Waals surface area contributed by atoms with Crippen molar-refractivity contribution in [2.45, 2.75) is 50.5 Å². The number of carbonyl (C=O) groups excluding carboxylic acids is 1. The third-order valence-corrected chi connectivity index (χ3v) is 5.33. The molecule has 1 heterocycles. The predicted molar refractivity (Wildman–Crippen MR) is 95.1 cm³/mol. The van der Waals surface area contributed by atoms with Crippen LogP contribution in [0.15, 0.2) is 0 Å². The molecule has 3 fully saturated rings. The molecule has 2 saturated carbocycles. The first-order valence-electron chi connectivity index (χ1n) is 8.39. The van der Waals surface area contributed by atoms with Crippen molar-refractivity contribution < 1.29 is 4.79 Å². The lowest BCUT2D eigenvalue weighted by atomic mass is 9.78. The van der Waals surface area contributed by atoms with Gasteiger partial charge in [-0.15, -0.1) is 24.8 Å². The number of likely N-dealkylation sites (N-methyl/N-ethyl adjacent to an activating group) is 1. The first kappa shape index (κ1) is 20.0. The molecule has 22 heavy (non-hydrogen) atoms. The lowest BCUT2D eigenvalue weighted by Crippen LogP contribution is -2.64. The maximum absolute atomic E-state index is 12.6. The predicted octanol–water partition coefficient (Wildman–Crippen LogP) is 2.31. The molecule has 0 atom stereocenters. The van der Waals surface area contributed by atoms with Crippen LogP contribution in [0.2, 0.25) is 0 Å². The fourth-order valence-corrected chi connectivity index (χ4v) is 4.00. The molecule has 0 bridgehead atoms. The van der Waals surface area contributed by atoms with Crippen molar-refractivity contribution >= 4 is 30.7 Å². The third kappa shape index (κ3) is 4.73. The molecule has 0 radical (unpaired) electrons. The first-order valence-corrected chi connectivity index (χ1v) is 8.39. The van der Waals surface area contributed by atoms with Crippen LogP contribution in [0.4, 0.5) is 0 Å². The molecule has 3 aliphatic rings. The average Bonchev–Trinajstić information content (AvgIpc) is 3.23. The highest BCUT2D eigenvalue weighted by Gasteiger charge is 2.43. The smallest absolute Gasteiger partial charge is 0.237 e. The summed E-state index contributed by atoms with van der Waals surface area (Å²) in [6.07, 6.45) is 9.00. The molecule has 1 amide bonds. The fourth-order valence-electron chi connectivity index (χ4n) is 4.00. The van der Waals surface area contributed by atoms with E-state index in [1.807, 2.05) is 0 Å². The fraction of sp³-hybridized carbons (Fsp3) is 0.938. The topological polar surface area (TPSA) is 35.6 Å². The molecule has 1 saturated heterocycles. The van der Waals surface area contributed by atoms with E-state index in [0.29, 0.717) is 12.5 Å². The number of carbonyl (C=O) groups is 1. The number of amides is 1. The monoisotopic (exact) mass is 351 g/mol. The van der Waals surface area contributed by atoms with E-state index in [0.717, 1.165) is 32.1 Å². The molecule has 1 N–H and O–H groups in total. The number of hydrogen-bond acceptors (Lipinski definition) is 3. The van der Waals surface area contributed by atoms with Crippen molar-refractivity contribution in [1.29, 1.82) is 0 Å². The Hall–Kier alpha value is -0.0300. The Balaban J connectivity index is 0.00000121. The molecule has 0 aromatic rings. The SMILES string of the molecule is CN1CCN(C(=O)CNCC2CC2)C2(CCCCC2)C1.Cl.Cl. The Bertz CT molecular complexity index is 357. The molecule has 0 aromatic heterocycles. The molecule has 1 aliphatic heterocycles. The zero-order chi connectivity index (χ0) is 14.0. The highest BCUT2D eigenvalue weighted by molar-refractivity contribution is 5.85. The molecule has 130 valence electrons. The van der Waals surface area contributed by atoms with E-state index >= 15 is 0 Å². The number of nitrogens with zero attached hydrogens (tertiary/aromatic N) is 2. The Morgan fingerprint density at radius 2 is 1.82 bits per heavy atom. The first-order chi connectivity index (χ1) is 9.70. The summed E-state index contributed by atoms with van der Waals surface area (Å²) in [6.45, 7) is 4.59. The van der Waals surface area contributed by atoms with Crippen LogP contribution in [0.5, 0.6) is 0 Å².